The average molecular weight is 705 g/mol. The Labute approximate surface area is 305 Å². The van der Waals surface area contributed by atoms with Gasteiger partial charge in [0, 0.05) is 32.7 Å². The number of halogens is 1. The maximum absolute atomic E-state index is 11.8. The monoisotopic (exact) mass is 704 g/mol. The summed E-state index contributed by atoms with van der Waals surface area (Å²) in [6.45, 7) is 0. The molecule has 7 rings (SSSR count). The van der Waals surface area contributed by atoms with E-state index in [4.69, 9.17) is 27.2 Å². The third-order valence-electron chi connectivity index (χ3n) is 8.80. The van der Waals surface area contributed by atoms with Crippen LogP contribution in [-0.2, 0) is 20.8 Å². The van der Waals surface area contributed by atoms with Crippen molar-refractivity contribution >= 4 is 40.2 Å². The number of carbonyl (C=O) groups excluding carboxylic acids is 1. The summed E-state index contributed by atoms with van der Waals surface area (Å²) in [4.78, 5) is 23.5. The summed E-state index contributed by atoms with van der Waals surface area (Å²) in [6.07, 6.45) is 0.984. The summed E-state index contributed by atoms with van der Waals surface area (Å²) in [5, 5.41) is 11.4. The number of anilines is 1. The van der Waals surface area contributed by atoms with Gasteiger partial charge in [-0.15, -0.1) is 11.3 Å². The molecule has 7 aromatic rings. The summed E-state index contributed by atoms with van der Waals surface area (Å²) in [6, 6.07) is 56.2. The van der Waals surface area contributed by atoms with Crippen LogP contribution in [0, 0.1) is 0 Å². The van der Waals surface area contributed by atoms with E-state index in [1.54, 1.807) is 0 Å². The van der Waals surface area contributed by atoms with Gasteiger partial charge in [0.15, 0.2) is 5.13 Å². The molecular formula is C43H33ClN4O2S. The van der Waals surface area contributed by atoms with E-state index in [0.717, 1.165) is 50.9 Å². The van der Waals surface area contributed by atoms with Crippen LogP contribution in [-0.4, -0.2) is 17.1 Å². The molecule has 51 heavy (non-hydrogen) atoms. The van der Waals surface area contributed by atoms with Crippen molar-refractivity contribution in [3.05, 3.63) is 214 Å². The largest absolute Gasteiger partial charge is 0.374 e. The lowest BCUT2D eigenvalue weighted by atomic mass is 9.77. The van der Waals surface area contributed by atoms with E-state index in [1.165, 1.54) is 11.3 Å². The number of oxime groups is 1. The predicted octanol–water partition coefficient (Wildman–Crippen LogP) is 9.65. The van der Waals surface area contributed by atoms with Gasteiger partial charge >= 0.3 is 0 Å². The van der Waals surface area contributed by atoms with Gasteiger partial charge < -0.3 is 15.9 Å². The van der Waals surface area contributed by atoms with E-state index in [-0.39, 0.29) is 0 Å². The predicted molar refractivity (Wildman–Crippen MR) is 207 cm³/mol. The molecule has 0 aliphatic carbocycles. The summed E-state index contributed by atoms with van der Waals surface area (Å²) in [5.74, 6) is -0.713. The summed E-state index contributed by atoms with van der Waals surface area (Å²) >= 11 is 7.91. The number of carbonyl (C=O) groups is 1. The molecule has 0 radical (unpaired) electrons. The topological polar surface area (TPSA) is 89.6 Å². The number of primary amides is 1. The number of aromatic nitrogens is 1. The molecule has 1 heterocycles. The van der Waals surface area contributed by atoms with Crippen LogP contribution in [0.4, 0.5) is 5.13 Å². The van der Waals surface area contributed by atoms with Gasteiger partial charge in [-0.25, -0.2) is 4.98 Å². The van der Waals surface area contributed by atoms with Gasteiger partial charge in [-0.1, -0.05) is 174 Å². The molecule has 0 saturated heterocycles. The number of amides is 1. The molecule has 3 N–H and O–H groups in total. The highest BCUT2D eigenvalue weighted by Gasteiger charge is 2.42. The Bertz CT molecular complexity index is 2170. The van der Waals surface area contributed by atoms with Gasteiger partial charge in [0.1, 0.15) is 11.8 Å². The van der Waals surface area contributed by atoms with E-state index in [2.05, 4.69) is 46.9 Å². The lowest BCUT2D eigenvalue weighted by Gasteiger charge is -2.37. The maximum Gasteiger partial charge on any atom is 0.263 e. The third kappa shape index (κ3) is 6.65. The first-order valence-electron chi connectivity index (χ1n) is 16.3. The summed E-state index contributed by atoms with van der Waals surface area (Å²) in [7, 11) is 0. The lowest BCUT2D eigenvalue weighted by molar-refractivity contribution is -0.111. The number of nitrogens with one attached hydrogen (secondary N) is 1. The van der Waals surface area contributed by atoms with Crippen molar-refractivity contribution in [2.45, 2.75) is 11.1 Å². The molecule has 8 heteroatoms. The van der Waals surface area contributed by atoms with E-state index in [1.807, 2.05) is 139 Å². The highest BCUT2D eigenvalue weighted by atomic mass is 35.5. The molecule has 0 fully saturated rings. The second-order valence-corrected chi connectivity index (χ2v) is 13.1. The van der Waals surface area contributed by atoms with Crippen LogP contribution in [0.15, 0.2) is 180 Å². The van der Waals surface area contributed by atoms with E-state index in [0.29, 0.717) is 10.2 Å². The van der Waals surface area contributed by atoms with Crippen LogP contribution in [0.2, 0.25) is 5.02 Å². The number of benzene rings is 6. The Balaban J connectivity index is 1.41. The van der Waals surface area contributed by atoms with Crippen LogP contribution in [0.3, 0.4) is 0 Å². The number of hydrogen-bond acceptors (Lipinski definition) is 6. The van der Waals surface area contributed by atoms with Gasteiger partial charge in [0.2, 0.25) is 5.60 Å². The fourth-order valence-electron chi connectivity index (χ4n) is 6.56. The minimum atomic E-state index is -1.26. The Morgan fingerprint density at radius 3 is 1.67 bits per heavy atom. The number of nitrogens with two attached hydrogens (primary N) is 1. The molecule has 0 aliphatic rings. The zero-order chi connectivity index (χ0) is 35.1. The van der Waals surface area contributed by atoms with Crippen LogP contribution < -0.4 is 11.1 Å². The van der Waals surface area contributed by atoms with Crippen molar-refractivity contribution in [1.82, 2.24) is 4.98 Å². The Hall–Kier alpha value is -6.02. The molecule has 0 saturated carbocycles. The van der Waals surface area contributed by atoms with Crippen LogP contribution in [0.1, 0.15) is 33.4 Å². The zero-order valence-electron chi connectivity index (χ0n) is 27.4. The molecule has 0 spiro atoms. The van der Waals surface area contributed by atoms with Gasteiger partial charge in [-0.05, 0) is 28.8 Å². The van der Waals surface area contributed by atoms with Crippen molar-refractivity contribution in [2.75, 3.05) is 5.32 Å². The average Bonchev–Trinajstić information content (AvgIpc) is 3.66. The van der Waals surface area contributed by atoms with E-state index < -0.39 is 17.0 Å². The molecular weight excluding hydrogens is 672 g/mol. The quantitative estimate of drug-likeness (QED) is 0.0753. The lowest BCUT2D eigenvalue weighted by Crippen LogP contribution is -2.38. The number of thiazole rings is 1. The van der Waals surface area contributed by atoms with Crippen molar-refractivity contribution in [2.24, 2.45) is 10.9 Å². The van der Waals surface area contributed by atoms with E-state index in [9.17, 15) is 4.79 Å². The highest BCUT2D eigenvalue weighted by molar-refractivity contribution is 7.14. The van der Waals surface area contributed by atoms with Crippen LogP contribution >= 0.6 is 22.9 Å². The summed E-state index contributed by atoms with van der Waals surface area (Å²) in [5.41, 5.74) is 10.5. The standard InChI is InChI=1S/C43H33ClN4O2S/c44-36-27-25-33(26-28-36)42(31-15-5-1-6-16-31,32-17-7-2-8-18-32)48-41-47-39(30-51-41)37-23-13-14-24-38(37)43(50-46-29-40(45)49,34-19-9-3-10-20-34)35-21-11-4-12-22-35/h1-30H,(H2,45,49)(H,47,48)/b46-29+. The highest BCUT2D eigenvalue weighted by Crippen LogP contribution is 2.46. The minimum Gasteiger partial charge on any atom is -0.374 e. The molecule has 0 bridgehead atoms. The zero-order valence-corrected chi connectivity index (χ0v) is 29.0. The Morgan fingerprint density at radius 1 is 0.667 bits per heavy atom. The van der Waals surface area contributed by atoms with Crippen molar-refractivity contribution < 1.29 is 9.63 Å². The fourth-order valence-corrected chi connectivity index (χ4v) is 7.45. The Morgan fingerprint density at radius 2 is 1.14 bits per heavy atom. The van der Waals surface area contributed by atoms with Gasteiger partial charge in [-0.3, -0.25) is 4.79 Å². The van der Waals surface area contributed by atoms with Crippen LogP contribution in [0.25, 0.3) is 11.3 Å². The van der Waals surface area contributed by atoms with Crippen LogP contribution in [0.5, 0.6) is 0 Å². The first-order valence-corrected chi connectivity index (χ1v) is 17.6. The molecule has 0 aliphatic heterocycles. The second kappa shape index (κ2) is 14.8. The van der Waals surface area contributed by atoms with Crippen molar-refractivity contribution in [3.8, 4) is 11.3 Å². The smallest absolute Gasteiger partial charge is 0.263 e. The van der Waals surface area contributed by atoms with Crippen molar-refractivity contribution in [3.63, 3.8) is 0 Å². The van der Waals surface area contributed by atoms with Gasteiger partial charge in [0.25, 0.3) is 5.91 Å². The normalized spacial score (nSPS) is 11.7. The number of rotatable bonds is 12. The molecule has 6 aromatic carbocycles. The SMILES string of the molecule is NC(=O)/C=N/OC(c1ccccc1)(c1ccccc1)c1ccccc1-c1csc(NC(c2ccccc2)(c2ccccc2)c2ccc(Cl)cc2)n1. The Kier molecular flexibility index (Phi) is 9.74. The first kappa shape index (κ1) is 33.5. The number of hydrogen-bond donors (Lipinski definition) is 2. The summed E-state index contributed by atoms with van der Waals surface area (Å²) < 4.78 is 0. The molecule has 6 nitrogen and oxygen atoms in total. The van der Waals surface area contributed by atoms with Crippen molar-refractivity contribution in [1.29, 1.82) is 0 Å². The maximum atomic E-state index is 11.8. The third-order valence-corrected chi connectivity index (χ3v) is 9.81. The fraction of sp³-hybridized carbons (Fsp3) is 0.0465. The molecule has 1 aromatic heterocycles. The minimum absolute atomic E-state index is 0.657. The van der Waals surface area contributed by atoms with E-state index >= 15 is 0 Å². The molecule has 1 amide bonds. The molecule has 0 atom stereocenters. The number of nitrogens with zero attached hydrogens (tertiary/aromatic N) is 2. The second-order valence-electron chi connectivity index (χ2n) is 11.8. The molecule has 250 valence electrons. The van der Waals surface area contributed by atoms with Gasteiger partial charge in [0.05, 0.1) is 5.69 Å². The van der Waals surface area contributed by atoms with Gasteiger partial charge in [-0.2, -0.15) is 0 Å². The first-order chi connectivity index (χ1) is 25.0. The molecule has 0 unspecified atom stereocenters.